The lowest BCUT2D eigenvalue weighted by Crippen LogP contribution is -2.29. The fourth-order valence-corrected chi connectivity index (χ4v) is 2.43. The van der Waals surface area contributed by atoms with Gasteiger partial charge in [-0.15, -0.1) is 0 Å². The van der Waals surface area contributed by atoms with Gasteiger partial charge < -0.3 is 15.2 Å². The Morgan fingerprint density at radius 1 is 0.950 bits per heavy atom. The highest BCUT2D eigenvalue weighted by Gasteiger charge is 2.23. The Balaban J connectivity index is 2.33. The van der Waals surface area contributed by atoms with E-state index in [9.17, 15) is 0 Å². The highest BCUT2D eigenvalue weighted by atomic mass is 16.5. The summed E-state index contributed by atoms with van der Waals surface area (Å²) < 4.78 is 11.2. The summed E-state index contributed by atoms with van der Waals surface area (Å²) in [5, 5.41) is 0. The molecule has 0 unspecified atom stereocenters. The Bertz CT molecular complexity index is 349. The molecular weight excluding hydrogens is 250 g/mol. The molecule has 20 heavy (non-hydrogen) atoms. The molecule has 0 aliphatic carbocycles. The van der Waals surface area contributed by atoms with E-state index >= 15 is 0 Å². The molecule has 0 aliphatic heterocycles. The molecule has 2 N–H and O–H groups in total. The first-order valence-electron chi connectivity index (χ1n) is 7.75. The van der Waals surface area contributed by atoms with Gasteiger partial charge in [0.2, 0.25) is 0 Å². The average Bonchev–Trinajstić information content (AvgIpc) is 2.50. The van der Waals surface area contributed by atoms with Crippen LogP contribution in [0.4, 0.5) is 0 Å². The Morgan fingerprint density at radius 3 is 1.95 bits per heavy atom. The number of benzene rings is 1. The van der Waals surface area contributed by atoms with Crippen molar-refractivity contribution in [3.8, 4) is 11.5 Å². The van der Waals surface area contributed by atoms with Crippen molar-refractivity contribution < 1.29 is 9.47 Å². The number of hydrogen-bond acceptors (Lipinski definition) is 3. The minimum atomic E-state index is 0.294. The highest BCUT2D eigenvalue weighted by molar-refractivity contribution is 5.31. The fraction of sp³-hybridized carbons (Fsp3) is 0.647. The van der Waals surface area contributed by atoms with Crippen LogP contribution in [0.3, 0.4) is 0 Å². The summed E-state index contributed by atoms with van der Waals surface area (Å²) in [5.41, 5.74) is 6.21. The predicted octanol–water partition coefficient (Wildman–Crippen LogP) is 4.01. The third kappa shape index (κ3) is 5.04. The van der Waals surface area contributed by atoms with Crippen LogP contribution in [0.1, 0.15) is 46.5 Å². The molecule has 0 bridgehead atoms. The molecule has 0 fully saturated rings. The van der Waals surface area contributed by atoms with Crippen molar-refractivity contribution in [3.63, 3.8) is 0 Å². The molecule has 0 aromatic heterocycles. The Kier molecular flexibility index (Phi) is 7.45. The largest absolute Gasteiger partial charge is 0.494 e. The molecular formula is C17H29NO2. The molecule has 0 spiro atoms. The summed E-state index contributed by atoms with van der Waals surface area (Å²) in [6.07, 6.45) is 4.46. The Labute approximate surface area is 123 Å². The van der Waals surface area contributed by atoms with E-state index in [0.29, 0.717) is 12.0 Å². The predicted molar refractivity (Wildman–Crippen MR) is 84.4 cm³/mol. The first kappa shape index (κ1) is 16.8. The summed E-state index contributed by atoms with van der Waals surface area (Å²) in [6, 6.07) is 7.81. The minimum Gasteiger partial charge on any atom is -0.494 e. The minimum absolute atomic E-state index is 0.294. The molecule has 3 heteroatoms. The quantitative estimate of drug-likeness (QED) is 0.658. The maximum absolute atomic E-state index is 5.91. The molecule has 0 saturated carbocycles. The van der Waals surface area contributed by atoms with Crippen LogP contribution in [0.15, 0.2) is 24.3 Å². The van der Waals surface area contributed by atoms with Gasteiger partial charge in [0.25, 0.3) is 0 Å². The molecule has 0 saturated heterocycles. The lowest BCUT2D eigenvalue weighted by molar-refractivity contribution is 0.213. The molecule has 0 atom stereocenters. The third-order valence-corrected chi connectivity index (χ3v) is 4.19. The Morgan fingerprint density at radius 2 is 1.50 bits per heavy atom. The number of nitrogens with two attached hydrogens (primary N) is 1. The lowest BCUT2D eigenvalue weighted by atomic mass is 9.78. The molecule has 1 aromatic rings. The van der Waals surface area contributed by atoms with E-state index in [1.807, 2.05) is 31.2 Å². The van der Waals surface area contributed by atoms with Gasteiger partial charge in [-0.05, 0) is 68.8 Å². The summed E-state index contributed by atoms with van der Waals surface area (Å²) in [7, 11) is 0. The monoisotopic (exact) mass is 279 g/mol. The zero-order valence-electron chi connectivity index (χ0n) is 13.2. The standard InChI is InChI=1S/C17H29NO2/c1-4-17(5-2,14-18)12-7-13-20-16-10-8-15(9-11-16)19-6-3/h8-11H,4-7,12-14,18H2,1-3H3. The van der Waals surface area contributed by atoms with Crippen molar-refractivity contribution in [3.05, 3.63) is 24.3 Å². The van der Waals surface area contributed by atoms with E-state index in [1.165, 1.54) is 0 Å². The van der Waals surface area contributed by atoms with E-state index in [2.05, 4.69) is 13.8 Å². The second-order valence-corrected chi connectivity index (χ2v) is 5.27. The van der Waals surface area contributed by atoms with E-state index < -0.39 is 0 Å². The SMILES string of the molecule is CCOc1ccc(OCCCC(CC)(CC)CN)cc1. The van der Waals surface area contributed by atoms with E-state index in [-0.39, 0.29) is 0 Å². The van der Waals surface area contributed by atoms with Crippen LogP contribution in [0.25, 0.3) is 0 Å². The van der Waals surface area contributed by atoms with Crippen molar-refractivity contribution in [2.45, 2.75) is 46.5 Å². The van der Waals surface area contributed by atoms with E-state index in [1.54, 1.807) is 0 Å². The van der Waals surface area contributed by atoms with Gasteiger partial charge in [-0.3, -0.25) is 0 Å². The maximum Gasteiger partial charge on any atom is 0.119 e. The zero-order valence-corrected chi connectivity index (χ0v) is 13.2. The summed E-state index contributed by atoms with van der Waals surface area (Å²) in [6.45, 7) is 8.64. The van der Waals surface area contributed by atoms with Gasteiger partial charge in [0, 0.05) is 0 Å². The molecule has 0 aliphatic rings. The van der Waals surface area contributed by atoms with Crippen LogP contribution >= 0.6 is 0 Å². The zero-order chi connectivity index (χ0) is 14.8. The first-order chi connectivity index (χ1) is 9.69. The fourth-order valence-electron chi connectivity index (χ4n) is 2.43. The van der Waals surface area contributed by atoms with Crippen LogP contribution in [0, 0.1) is 5.41 Å². The third-order valence-electron chi connectivity index (χ3n) is 4.19. The van der Waals surface area contributed by atoms with Gasteiger partial charge >= 0.3 is 0 Å². The molecule has 114 valence electrons. The maximum atomic E-state index is 5.91. The summed E-state index contributed by atoms with van der Waals surface area (Å²) in [5.74, 6) is 1.79. The van der Waals surface area contributed by atoms with Crippen LogP contribution in [0.2, 0.25) is 0 Å². The Hall–Kier alpha value is -1.22. The molecule has 1 aromatic carbocycles. The molecule has 1 rings (SSSR count). The molecule has 0 heterocycles. The van der Waals surface area contributed by atoms with Gasteiger partial charge in [0.15, 0.2) is 0 Å². The van der Waals surface area contributed by atoms with Crippen molar-refractivity contribution in [2.24, 2.45) is 11.1 Å². The average molecular weight is 279 g/mol. The second kappa shape index (κ2) is 8.85. The first-order valence-corrected chi connectivity index (χ1v) is 7.75. The van der Waals surface area contributed by atoms with Crippen LogP contribution < -0.4 is 15.2 Å². The lowest BCUT2D eigenvalue weighted by Gasteiger charge is -2.30. The van der Waals surface area contributed by atoms with Crippen molar-refractivity contribution in [1.29, 1.82) is 0 Å². The number of ether oxygens (including phenoxy) is 2. The second-order valence-electron chi connectivity index (χ2n) is 5.27. The summed E-state index contributed by atoms with van der Waals surface area (Å²) >= 11 is 0. The van der Waals surface area contributed by atoms with E-state index in [0.717, 1.165) is 50.3 Å². The smallest absolute Gasteiger partial charge is 0.119 e. The van der Waals surface area contributed by atoms with Crippen LogP contribution in [-0.4, -0.2) is 19.8 Å². The van der Waals surface area contributed by atoms with Gasteiger partial charge in [0.1, 0.15) is 11.5 Å². The molecule has 0 amide bonds. The van der Waals surface area contributed by atoms with Gasteiger partial charge in [-0.1, -0.05) is 13.8 Å². The highest BCUT2D eigenvalue weighted by Crippen LogP contribution is 2.30. The van der Waals surface area contributed by atoms with E-state index in [4.69, 9.17) is 15.2 Å². The molecule has 0 radical (unpaired) electrons. The number of hydrogen-bond donors (Lipinski definition) is 1. The number of rotatable bonds is 10. The summed E-state index contributed by atoms with van der Waals surface area (Å²) in [4.78, 5) is 0. The van der Waals surface area contributed by atoms with Gasteiger partial charge in [-0.2, -0.15) is 0 Å². The van der Waals surface area contributed by atoms with Crippen LogP contribution in [0.5, 0.6) is 11.5 Å². The topological polar surface area (TPSA) is 44.5 Å². The van der Waals surface area contributed by atoms with Crippen LogP contribution in [-0.2, 0) is 0 Å². The van der Waals surface area contributed by atoms with Gasteiger partial charge in [0.05, 0.1) is 13.2 Å². The van der Waals surface area contributed by atoms with Gasteiger partial charge in [-0.25, -0.2) is 0 Å². The normalized spacial score (nSPS) is 11.4. The van der Waals surface area contributed by atoms with Crippen molar-refractivity contribution >= 4 is 0 Å². The van der Waals surface area contributed by atoms with Crippen molar-refractivity contribution in [2.75, 3.05) is 19.8 Å². The molecule has 3 nitrogen and oxygen atoms in total. The van der Waals surface area contributed by atoms with Crippen molar-refractivity contribution in [1.82, 2.24) is 0 Å².